The number of para-hydroxylation sites is 1. The molecule has 25 heavy (non-hydrogen) atoms. The number of hydrogen-bond donors (Lipinski definition) is 2. The van der Waals surface area contributed by atoms with Gasteiger partial charge in [0, 0.05) is 18.8 Å². The Bertz CT molecular complexity index is 686. The number of anilines is 1. The van der Waals surface area contributed by atoms with E-state index in [1.54, 1.807) is 12.1 Å². The van der Waals surface area contributed by atoms with Crippen molar-refractivity contribution in [2.45, 2.75) is 26.3 Å². The molecular weight excluding hydrogens is 316 g/mol. The second kappa shape index (κ2) is 10.1. The minimum Gasteiger partial charge on any atom is -0.452 e. The first-order valence-electron chi connectivity index (χ1n) is 8.51. The zero-order valence-electron chi connectivity index (χ0n) is 14.5. The van der Waals surface area contributed by atoms with Crippen molar-refractivity contribution in [1.29, 1.82) is 0 Å². The lowest BCUT2D eigenvalue weighted by Gasteiger charge is -2.11. The number of benzene rings is 2. The average molecular weight is 340 g/mol. The predicted octanol–water partition coefficient (Wildman–Crippen LogP) is 3.37. The molecule has 5 heteroatoms. The lowest BCUT2D eigenvalue weighted by Crippen LogP contribution is -2.28. The SMILES string of the molecule is CCCCNc1ccccc1C(=O)OCC(=O)NCc1ccccc1. The Hall–Kier alpha value is -2.82. The van der Waals surface area contributed by atoms with Gasteiger partial charge >= 0.3 is 5.97 Å². The van der Waals surface area contributed by atoms with Crippen LogP contribution in [0.4, 0.5) is 5.69 Å². The molecule has 0 aliphatic heterocycles. The Labute approximate surface area is 148 Å². The van der Waals surface area contributed by atoms with Crippen LogP contribution >= 0.6 is 0 Å². The Balaban J connectivity index is 1.82. The van der Waals surface area contributed by atoms with Crippen molar-refractivity contribution in [1.82, 2.24) is 5.32 Å². The minimum absolute atomic E-state index is 0.297. The fraction of sp³-hybridized carbons (Fsp3) is 0.300. The number of hydrogen-bond acceptors (Lipinski definition) is 4. The van der Waals surface area contributed by atoms with Crippen LogP contribution in [0, 0.1) is 0 Å². The van der Waals surface area contributed by atoms with Crippen molar-refractivity contribution in [3.05, 3.63) is 65.7 Å². The molecule has 0 saturated carbocycles. The molecule has 2 aromatic rings. The number of nitrogens with one attached hydrogen (secondary N) is 2. The van der Waals surface area contributed by atoms with Crippen LogP contribution in [-0.2, 0) is 16.1 Å². The van der Waals surface area contributed by atoms with Crippen LogP contribution < -0.4 is 10.6 Å². The molecule has 0 unspecified atom stereocenters. The first-order valence-corrected chi connectivity index (χ1v) is 8.51. The van der Waals surface area contributed by atoms with E-state index in [4.69, 9.17) is 4.74 Å². The smallest absolute Gasteiger partial charge is 0.340 e. The summed E-state index contributed by atoms with van der Waals surface area (Å²) in [5.41, 5.74) is 2.16. The zero-order chi connectivity index (χ0) is 17.9. The molecule has 5 nitrogen and oxygen atoms in total. The van der Waals surface area contributed by atoms with E-state index in [9.17, 15) is 9.59 Å². The summed E-state index contributed by atoms with van der Waals surface area (Å²) in [6.07, 6.45) is 2.09. The topological polar surface area (TPSA) is 67.4 Å². The number of amides is 1. The van der Waals surface area contributed by atoms with E-state index in [1.165, 1.54) is 0 Å². The van der Waals surface area contributed by atoms with Crippen molar-refractivity contribution < 1.29 is 14.3 Å². The van der Waals surface area contributed by atoms with Crippen LogP contribution in [0.25, 0.3) is 0 Å². The monoisotopic (exact) mass is 340 g/mol. The largest absolute Gasteiger partial charge is 0.452 e. The molecule has 2 rings (SSSR count). The van der Waals surface area contributed by atoms with Gasteiger partial charge in [0.05, 0.1) is 5.56 Å². The van der Waals surface area contributed by atoms with Gasteiger partial charge < -0.3 is 15.4 Å². The molecule has 0 atom stereocenters. The summed E-state index contributed by atoms with van der Waals surface area (Å²) in [4.78, 5) is 24.1. The van der Waals surface area contributed by atoms with Crippen molar-refractivity contribution in [3.63, 3.8) is 0 Å². The summed E-state index contributed by atoms with van der Waals surface area (Å²) in [5.74, 6) is -0.830. The summed E-state index contributed by atoms with van der Waals surface area (Å²) in [7, 11) is 0. The molecule has 0 aliphatic rings. The van der Waals surface area contributed by atoms with Gasteiger partial charge in [-0.05, 0) is 24.1 Å². The van der Waals surface area contributed by atoms with Gasteiger partial charge in [0.15, 0.2) is 6.61 Å². The van der Waals surface area contributed by atoms with E-state index in [-0.39, 0.29) is 12.5 Å². The summed E-state index contributed by atoms with van der Waals surface area (Å²) >= 11 is 0. The molecular formula is C20H24N2O3. The second-order valence-electron chi connectivity index (χ2n) is 5.66. The average Bonchev–Trinajstić information content (AvgIpc) is 2.66. The highest BCUT2D eigenvalue weighted by Gasteiger charge is 2.13. The van der Waals surface area contributed by atoms with Gasteiger partial charge in [-0.2, -0.15) is 0 Å². The molecule has 0 radical (unpaired) electrons. The maximum Gasteiger partial charge on any atom is 0.340 e. The molecule has 0 aliphatic carbocycles. The molecule has 0 bridgehead atoms. The summed E-state index contributed by atoms with van der Waals surface area (Å²) in [5, 5.41) is 5.96. The van der Waals surface area contributed by atoms with Crippen LogP contribution in [0.1, 0.15) is 35.7 Å². The van der Waals surface area contributed by atoms with E-state index >= 15 is 0 Å². The standard InChI is InChI=1S/C20H24N2O3/c1-2-3-13-21-18-12-8-7-11-17(18)20(24)25-15-19(23)22-14-16-9-5-4-6-10-16/h4-12,21H,2-3,13-15H2,1H3,(H,22,23). The van der Waals surface area contributed by atoms with Crippen molar-refractivity contribution >= 4 is 17.6 Å². The zero-order valence-corrected chi connectivity index (χ0v) is 14.5. The van der Waals surface area contributed by atoms with Crippen molar-refractivity contribution in [2.75, 3.05) is 18.5 Å². The van der Waals surface area contributed by atoms with Crippen LogP contribution in [0.5, 0.6) is 0 Å². The first-order chi connectivity index (χ1) is 12.2. The Morgan fingerprint density at radius 1 is 1.00 bits per heavy atom. The maximum absolute atomic E-state index is 12.2. The van der Waals surface area contributed by atoms with Gasteiger partial charge in [0.1, 0.15) is 0 Å². The lowest BCUT2D eigenvalue weighted by atomic mass is 10.1. The molecule has 0 aromatic heterocycles. The molecule has 132 valence electrons. The summed E-state index contributed by atoms with van der Waals surface area (Å²) < 4.78 is 5.13. The van der Waals surface area contributed by atoms with E-state index in [0.29, 0.717) is 12.1 Å². The molecule has 2 aromatic carbocycles. The van der Waals surface area contributed by atoms with Gasteiger partial charge in [0.2, 0.25) is 0 Å². The first kappa shape index (κ1) is 18.5. The quantitative estimate of drug-likeness (QED) is 0.542. The highest BCUT2D eigenvalue weighted by Crippen LogP contribution is 2.16. The van der Waals surface area contributed by atoms with E-state index in [1.807, 2.05) is 42.5 Å². The normalized spacial score (nSPS) is 10.1. The molecule has 2 N–H and O–H groups in total. The van der Waals surface area contributed by atoms with Gasteiger partial charge in [-0.3, -0.25) is 4.79 Å². The van der Waals surface area contributed by atoms with Crippen LogP contribution in [-0.4, -0.2) is 25.0 Å². The lowest BCUT2D eigenvalue weighted by molar-refractivity contribution is -0.124. The number of carbonyl (C=O) groups is 2. The number of unbranched alkanes of at least 4 members (excludes halogenated alkanes) is 1. The van der Waals surface area contributed by atoms with Gasteiger partial charge in [-0.15, -0.1) is 0 Å². The summed E-state index contributed by atoms with van der Waals surface area (Å²) in [6, 6.07) is 16.7. The number of carbonyl (C=O) groups excluding carboxylic acids is 2. The maximum atomic E-state index is 12.2. The molecule has 1 amide bonds. The van der Waals surface area contributed by atoms with Gasteiger partial charge in [-0.1, -0.05) is 55.8 Å². The Morgan fingerprint density at radius 2 is 1.72 bits per heavy atom. The summed E-state index contributed by atoms with van der Waals surface area (Å²) in [6.45, 7) is 3.01. The molecule has 0 heterocycles. The highest BCUT2D eigenvalue weighted by molar-refractivity contribution is 5.96. The molecule has 0 spiro atoms. The molecule has 0 saturated heterocycles. The Kier molecular flexibility index (Phi) is 7.50. The van der Waals surface area contributed by atoms with Gasteiger partial charge in [0.25, 0.3) is 5.91 Å². The van der Waals surface area contributed by atoms with E-state index in [0.717, 1.165) is 30.6 Å². The van der Waals surface area contributed by atoms with Crippen LogP contribution in [0.3, 0.4) is 0 Å². The molecule has 0 fully saturated rings. The third-order valence-electron chi connectivity index (χ3n) is 3.66. The van der Waals surface area contributed by atoms with Crippen LogP contribution in [0.15, 0.2) is 54.6 Å². The van der Waals surface area contributed by atoms with Crippen LogP contribution in [0.2, 0.25) is 0 Å². The number of ether oxygens (including phenoxy) is 1. The second-order valence-corrected chi connectivity index (χ2v) is 5.66. The fourth-order valence-corrected chi connectivity index (χ4v) is 2.27. The van der Waals surface area contributed by atoms with E-state index < -0.39 is 5.97 Å². The van der Waals surface area contributed by atoms with Crippen molar-refractivity contribution in [2.24, 2.45) is 0 Å². The fourth-order valence-electron chi connectivity index (χ4n) is 2.27. The number of rotatable bonds is 9. The van der Waals surface area contributed by atoms with E-state index in [2.05, 4.69) is 17.6 Å². The number of esters is 1. The van der Waals surface area contributed by atoms with Crippen molar-refractivity contribution in [3.8, 4) is 0 Å². The van der Waals surface area contributed by atoms with Gasteiger partial charge in [-0.25, -0.2) is 4.79 Å². The minimum atomic E-state index is -0.505. The third kappa shape index (κ3) is 6.30. The highest BCUT2D eigenvalue weighted by atomic mass is 16.5. The third-order valence-corrected chi connectivity index (χ3v) is 3.66. The predicted molar refractivity (Wildman–Crippen MR) is 98.4 cm³/mol. The Morgan fingerprint density at radius 3 is 2.48 bits per heavy atom.